The zero-order chi connectivity index (χ0) is 13.2. The second kappa shape index (κ2) is 5.07. The summed E-state index contributed by atoms with van der Waals surface area (Å²) >= 11 is 1.26. The Kier molecular flexibility index (Phi) is 3.67. The van der Waals surface area contributed by atoms with E-state index < -0.39 is 27.6 Å². The third kappa shape index (κ3) is 3.08. The number of nitrogens with one attached hydrogen (secondary N) is 2. The molecule has 1 aliphatic rings. The van der Waals surface area contributed by atoms with Crippen LogP contribution in [-0.2, 0) is 14.6 Å². The maximum absolute atomic E-state index is 11.6. The molecule has 6 nitrogen and oxygen atoms in total. The van der Waals surface area contributed by atoms with Crippen molar-refractivity contribution in [2.75, 3.05) is 11.5 Å². The van der Waals surface area contributed by atoms with Gasteiger partial charge in [-0.15, -0.1) is 11.3 Å². The number of rotatable bonds is 2. The molecule has 98 valence electrons. The molecule has 1 aliphatic heterocycles. The van der Waals surface area contributed by atoms with Crippen molar-refractivity contribution in [1.82, 2.24) is 10.9 Å². The molecule has 1 fully saturated rings. The summed E-state index contributed by atoms with van der Waals surface area (Å²) in [6.45, 7) is 0. The summed E-state index contributed by atoms with van der Waals surface area (Å²) in [6.07, 6.45) is 0.309. The fourth-order valence-corrected chi connectivity index (χ4v) is 4.05. The molecule has 18 heavy (non-hydrogen) atoms. The van der Waals surface area contributed by atoms with E-state index in [1.807, 2.05) is 0 Å². The van der Waals surface area contributed by atoms with Crippen LogP contribution in [0, 0.1) is 5.92 Å². The largest absolute Gasteiger partial charge is 0.279 e. The Morgan fingerprint density at radius 1 is 1.33 bits per heavy atom. The fraction of sp³-hybridized carbons (Fsp3) is 0.400. The molecule has 2 heterocycles. The molecule has 1 saturated heterocycles. The van der Waals surface area contributed by atoms with E-state index in [9.17, 15) is 18.0 Å². The minimum atomic E-state index is -3.09. The molecule has 2 N–H and O–H groups in total. The van der Waals surface area contributed by atoms with E-state index in [0.717, 1.165) is 0 Å². The number of amides is 2. The maximum Gasteiger partial charge on any atom is 0.279 e. The van der Waals surface area contributed by atoms with Crippen molar-refractivity contribution >= 4 is 33.0 Å². The summed E-state index contributed by atoms with van der Waals surface area (Å²) < 4.78 is 22.4. The number of hydrogen-bond acceptors (Lipinski definition) is 5. The standard InChI is InChI=1S/C10H12N2O4S2/c13-9(7-3-5-18(15,16)6-7)11-12-10(14)8-2-1-4-17-8/h1-2,4,7H,3,5-6H2,(H,11,13)(H,12,14)/t7-/m0/s1. The molecule has 0 saturated carbocycles. The molecular formula is C10H12N2O4S2. The van der Waals surface area contributed by atoms with Crippen LogP contribution in [0.4, 0.5) is 0 Å². The van der Waals surface area contributed by atoms with Crippen LogP contribution in [0.15, 0.2) is 17.5 Å². The number of hydrazine groups is 1. The van der Waals surface area contributed by atoms with Crippen molar-refractivity contribution in [3.63, 3.8) is 0 Å². The normalized spacial score (nSPS) is 21.4. The molecule has 2 amide bonds. The minimum Gasteiger partial charge on any atom is -0.273 e. The lowest BCUT2D eigenvalue weighted by Gasteiger charge is -2.09. The van der Waals surface area contributed by atoms with Crippen molar-refractivity contribution in [1.29, 1.82) is 0 Å². The Labute approximate surface area is 108 Å². The quantitative estimate of drug-likeness (QED) is 0.746. The van der Waals surface area contributed by atoms with Crippen LogP contribution >= 0.6 is 11.3 Å². The van der Waals surface area contributed by atoms with Crippen molar-refractivity contribution in [3.05, 3.63) is 22.4 Å². The Hall–Kier alpha value is -1.41. The van der Waals surface area contributed by atoms with Gasteiger partial charge in [-0.05, 0) is 17.9 Å². The van der Waals surface area contributed by atoms with Crippen LogP contribution in [0.5, 0.6) is 0 Å². The van der Waals surface area contributed by atoms with Gasteiger partial charge in [0, 0.05) is 0 Å². The van der Waals surface area contributed by atoms with Gasteiger partial charge in [-0.3, -0.25) is 20.4 Å². The summed E-state index contributed by atoms with van der Waals surface area (Å²) in [6, 6.07) is 3.36. The van der Waals surface area contributed by atoms with Crippen LogP contribution in [0.1, 0.15) is 16.1 Å². The SMILES string of the molecule is O=C(NNC(=O)[C@H]1CCS(=O)(=O)C1)c1cccs1. The first kappa shape index (κ1) is 13.0. The summed E-state index contributed by atoms with van der Waals surface area (Å²) in [5.74, 6) is -1.55. The van der Waals surface area contributed by atoms with Gasteiger partial charge in [-0.1, -0.05) is 6.07 Å². The van der Waals surface area contributed by atoms with Gasteiger partial charge < -0.3 is 0 Å². The average molecular weight is 288 g/mol. The average Bonchev–Trinajstić information content (AvgIpc) is 2.94. The number of hydrogen-bond donors (Lipinski definition) is 2. The van der Waals surface area contributed by atoms with Gasteiger partial charge >= 0.3 is 0 Å². The zero-order valence-corrected chi connectivity index (χ0v) is 11.0. The lowest BCUT2D eigenvalue weighted by molar-refractivity contribution is -0.125. The monoisotopic (exact) mass is 288 g/mol. The number of carbonyl (C=O) groups excluding carboxylic acids is 2. The van der Waals surface area contributed by atoms with Crippen LogP contribution in [0.2, 0.25) is 0 Å². The molecule has 2 rings (SSSR count). The van der Waals surface area contributed by atoms with Crippen molar-refractivity contribution < 1.29 is 18.0 Å². The zero-order valence-electron chi connectivity index (χ0n) is 9.38. The van der Waals surface area contributed by atoms with E-state index >= 15 is 0 Å². The van der Waals surface area contributed by atoms with Crippen molar-refractivity contribution in [2.24, 2.45) is 5.92 Å². The molecule has 0 unspecified atom stereocenters. The Morgan fingerprint density at radius 3 is 2.67 bits per heavy atom. The molecule has 0 aliphatic carbocycles. The Balaban J connectivity index is 1.84. The predicted molar refractivity (Wildman–Crippen MR) is 66.7 cm³/mol. The molecular weight excluding hydrogens is 276 g/mol. The molecule has 1 atom stereocenters. The highest BCUT2D eigenvalue weighted by molar-refractivity contribution is 7.91. The van der Waals surface area contributed by atoms with Crippen LogP contribution < -0.4 is 10.9 Å². The summed E-state index contributed by atoms with van der Waals surface area (Å²) in [4.78, 5) is 23.6. The third-order valence-electron chi connectivity index (χ3n) is 2.65. The smallest absolute Gasteiger partial charge is 0.273 e. The highest BCUT2D eigenvalue weighted by Gasteiger charge is 2.33. The maximum atomic E-state index is 11.6. The topological polar surface area (TPSA) is 92.3 Å². The molecule has 0 aromatic carbocycles. The summed E-state index contributed by atoms with van der Waals surface area (Å²) in [5, 5.41) is 1.75. The van der Waals surface area contributed by atoms with Gasteiger partial charge in [0.1, 0.15) is 0 Å². The third-order valence-corrected chi connectivity index (χ3v) is 5.28. The number of carbonyl (C=O) groups is 2. The van der Waals surface area contributed by atoms with E-state index in [4.69, 9.17) is 0 Å². The van der Waals surface area contributed by atoms with Crippen LogP contribution in [0.3, 0.4) is 0 Å². The molecule has 8 heteroatoms. The summed E-state index contributed by atoms with van der Waals surface area (Å²) in [7, 11) is -3.09. The van der Waals surface area contributed by atoms with E-state index in [1.54, 1.807) is 17.5 Å². The van der Waals surface area contributed by atoms with Gasteiger partial charge in [0.25, 0.3) is 5.91 Å². The first-order chi connectivity index (χ1) is 8.48. The summed E-state index contributed by atoms with van der Waals surface area (Å²) in [5.41, 5.74) is 4.52. The lowest BCUT2D eigenvalue weighted by Crippen LogP contribution is -2.44. The van der Waals surface area contributed by atoms with Gasteiger partial charge in [0.05, 0.1) is 22.3 Å². The van der Waals surface area contributed by atoms with Gasteiger partial charge in [-0.2, -0.15) is 0 Å². The van der Waals surface area contributed by atoms with Gasteiger partial charge in [0.15, 0.2) is 9.84 Å². The van der Waals surface area contributed by atoms with Gasteiger partial charge in [0.2, 0.25) is 5.91 Å². The van der Waals surface area contributed by atoms with Crippen LogP contribution in [-0.4, -0.2) is 31.7 Å². The predicted octanol–water partition coefficient (Wildman–Crippen LogP) is -0.0562. The second-order valence-corrected chi connectivity index (χ2v) is 7.20. The van der Waals surface area contributed by atoms with Crippen molar-refractivity contribution in [3.8, 4) is 0 Å². The first-order valence-electron chi connectivity index (χ1n) is 5.32. The van der Waals surface area contributed by atoms with Crippen LogP contribution in [0.25, 0.3) is 0 Å². The van der Waals surface area contributed by atoms with Gasteiger partial charge in [-0.25, -0.2) is 8.42 Å². The fourth-order valence-electron chi connectivity index (χ4n) is 1.69. The van der Waals surface area contributed by atoms with E-state index in [2.05, 4.69) is 10.9 Å². The van der Waals surface area contributed by atoms with E-state index in [-0.39, 0.29) is 11.5 Å². The Morgan fingerprint density at radius 2 is 2.11 bits per heavy atom. The Bertz CT molecular complexity index is 550. The highest BCUT2D eigenvalue weighted by Crippen LogP contribution is 2.18. The molecule has 0 bridgehead atoms. The first-order valence-corrected chi connectivity index (χ1v) is 8.02. The lowest BCUT2D eigenvalue weighted by atomic mass is 10.1. The van der Waals surface area contributed by atoms with E-state index in [1.165, 1.54) is 11.3 Å². The molecule has 1 aromatic rings. The number of sulfone groups is 1. The minimum absolute atomic E-state index is 0.0317. The highest BCUT2D eigenvalue weighted by atomic mass is 32.2. The second-order valence-electron chi connectivity index (χ2n) is 4.02. The molecule has 1 aromatic heterocycles. The molecule has 0 spiro atoms. The van der Waals surface area contributed by atoms with E-state index in [0.29, 0.717) is 11.3 Å². The molecule has 0 radical (unpaired) electrons. The van der Waals surface area contributed by atoms with Crippen molar-refractivity contribution in [2.45, 2.75) is 6.42 Å². The number of thiophene rings is 1.